The van der Waals surface area contributed by atoms with Crippen molar-refractivity contribution >= 4 is 39.8 Å². The molecule has 2 bridgehead atoms. The molecule has 3 fully saturated rings. The molecule has 11 heteroatoms. The van der Waals surface area contributed by atoms with E-state index in [9.17, 15) is 9.90 Å². The fourth-order valence-electron chi connectivity index (χ4n) is 6.93. The third kappa shape index (κ3) is 5.42. The van der Waals surface area contributed by atoms with Gasteiger partial charge in [0.25, 0.3) is 0 Å². The maximum Gasteiger partial charge on any atom is 0.318 e. The van der Waals surface area contributed by atoms with Gasteiger partial charge in [0.05, 0.1) is 36.6 Å². The molecule has 0 spiro atoms. The number of piperazine rings is 1. The standard InChI is InChI=1S/C32H37ClN6O4/c1-2-28(40)36-13-15-37(16-14-36)30-24-10-12-38(27-9-4-7-22-6-3-8-25(33)29(22)27)20-26(24)34-31(35-30)42-17-5-11-39-19-23-18-32(39,41)21-43-23/h2-4,6-9,23,41H,1,5,10-21H2/t23-,32+/m0/s1. The molecule has 10 nitrogen and oxygen atoms in total. The number of halogens is 1. The van der Waals surface area contributed by atoms with Crippen LogP contribution in [0.25, 0.3) is 10.8 Å². The van der Waals surface area contributed by atoms with Crippen LogP contribution in [0.3, 0.4) is 0 Å². The average molecular weight is 605 g/mol. The lowest BCUT2D eigenvalue weighted by Crippen LogP contribution is -2.49. The highest BCUT2D eigenvalue weighted by Gasteiger charge is 2.50. The van der Waals surface area contributed by atoms with E-state index in [2.05, 4.69) is 45.5 Å². The summed E-state index contributed by atoms with van der Waals surface area (Å²) >= 11 is 6.69. The molecule has 4 aliphatic rings. The number of hydrogen-bond acceptors (Lipinski definition) is 9. The van der Waals surface area contributed by atoms with E-state index in [-0.39, 0.29) is 12.0 Å². The minimum absolute atomic E-state index is 0.0415. The van der Waals surface area contributed by atoms with Crippen LogP contribution >= 0.6 is 11.6 Å². The van der Waals surface area contributed by atoms with Gasteiger partial charge in [-0.25, -0.2) is 0 Å². The zero-order valence-corrected chi connectivity index (χ0v) is 25.0. The molecule has 5 heterocycles. The summed E-state index contributed by atoms with van der Waals surface area (Å²) in [5, 5.41) is 13.7. The molecule has 1 aromatic heterocycles. The van der Waals surface area contributed by atoms with Gasteiger partial charge in [-0.05, 0) is 36.4 Å². The Balaban J connectivity index is 1.12. The number of aliphatic hydroxyl groups is 1. The Kier molecular flexibility index (Phi) is 7.63. The largest absolute Gasteiger partial charge is 0.463 e. The molecule has 0 saturated carbocycles. The van der Waals surface area contributed by atoms with Gasteiger partial charge in [-0.15, -0.1) is 0 Å². The maximum atomic E-state index is 12.2. The van der Waals surface area contributed by atoms with E-state index >= 15 is 0 Å². The SMILES string of the molecule is C=CC(=O)N1CCN(c2nc(OCCCN3C[C@@H]4C[C@@]3(O)CO4)nc3c2CCN(c2cccc4cccc(Cl)c24)C3)CC1. The highest BCUT2D eigenvalue weighted by atomic mass is 35.5. The number of morpholine rings is 1. The summed E-state index contributed by atoms with van der Waals surface area (Å²) in [6.45, 7) is 9.96. The van der Waals surface area contributed by atoms with Crippen LogP contribution in [-0.4, -0.2) is 102 Å². The van der Waals surface area contributed by atoms with Crippen molar-refractivity contribution in [2.24, 2.45) is 0 Å². The Morgan fingerprint density at radius 3 is 2.70 bits per heavy atom. The molecule has 7 rings (SSSR count). The molecule has 3 saturated heterocycles. The Hall–Kier alpha value is -3.44. The minimum atomic E-state index is -0.844. The van der Waals surface area contributed by atoms with Crippen LogP contribution < -0.4 is 14.5 Å². The summed E-state index contributed by atoms with van der Waals surface area (Å²) < 4.78 is 11.8. The van der Waals surface area contributed by atoms with Crippen LogP contribution in [0.4, 0.5) is 11.5 Å². The molecule has 2 aromatic carbocycles. The number of carbonyl (C=O) groups excluding carboxylic acids is 1. The van der Waals surface area contributed by atoms with E-state index in [1.54, 1.807) is 0 Å². The lowest BCUT2D eigenvalue weighted by atomic mass is 10.0. The van der Waals surface area contributed by atoms with E-state index in [0.717, 1.165) is 71.0 Å². The predicted molar refractivity (Wildman–Crippen MR) is 166 cm³/mol. The topological polar surface area (TPSA) is 94.5 Å². The second-order valence-corrected chi connectivity index (χ2v) is 12.2. The summed E-state index contributed by atoms with van der Waals surface area (Å²) in [5.74, 6) is 0.852. The van der Waals surface area contributed by atoms with Crippen LogP contribution in [0.2, 0.25) is 5.02 Å². The number of aromatic nitrogens is 2. The highest BCUT2D eigenvalue weighted by molar-refractivity contribution is 6.36. The Morgan fingerprint density at radius 2 is 1.95 bits per heavy atom. The van der Waals surface area contributed by atoms with Crippen molar-refractivity contribution in [2.75, 3.05) is 68.8 Å². The predicted octanol–water partition coefficient (Wildman–Crippen LogP) is 3.24. The van der Waals surface area contributed by atoms with Gasteiger partial charge >= 0.3 is 6.01 Å². The number of ether oxygens (including phenoxy) is 2. The molecule has 0 aliphatic carbocycles. The number of rotatable bonds is 8. The number of benzene rings is 2. The van der Waals surface area contributed by atoms with Gasteiger partial charge in [0.1, 0.15) is 11.5 Å². The molecule has 226 valence electrons. The number of nitrogens with zero attached hydrogens (tertiary/aromatic N) is 6. The van der Waals surface area contributed by atoms with E-state index in [0.29, 0.717) is 58.4 Å². The van der Waals surface area contributed by atoms with Crippen LogP contribution in [0, 0.1) is 0 Å². The molecule has 3 aromatic rings. The molecule has 4 aliphatic heterocycles. The molecule has 43 heavy (non-hydrogen) atoms. The number of amides is 1. The van der Waals surface area contributed by atoms with E-state index in [1.807, 2.05) is 17.0 Å². The van der Waals surface area contributed by atoms with E-state index in [4.69, 9.17) is 31.0 Å². The van der Waals surface area contributed by atoms with Crippen LogP contribution in [-0.2, 0) is 22.5 Å². The van der Waals surface area contributed by atoms with Gasteiger partial charge in [-0.3, -0.25) is 9.69 Å². The lowest BCUT2D eigenvalue weighted by molar-refractivity contribution is -0.126. The third-order valence-electron chi connectivity index (χ3n) is 9.18. The zero-order valence-electron chi connectivity index (χ0n) is 24.3. The number of fused-ring (bicyclic) bond motifs is 4. The van der Waals surface area contributed by atoms with Gasteiger partial charge in [0, 0.05) is 68.9 Å². The molecular formula is C32H37ClN6O4. The maximum absolute atomic E-state index is 12.2. The number of likely N-dealkylation sites (tertiary alicyclic amines) is 1. The summed E-state index contributed by atoms with van der Waals surface area (Å²) in [5.41, 5.74) is 2.33. The first kappa shape index (κ1) is 28.3. The van der Waals surface area contributed by atoms with Crippen LogP contribution in [0.15, 0.2) is 49.1 Å². The van der Waals surface area contributed by atoms with Gasteiger partial charge in [-0.2, -0.15) is 9.97 Å². The minimum Gasteiger partial charge on any atom is -0.463 e. The Morgan fingerprint density at radius 1 is 1.14 bits per heavy atom. The first-order chi connectivity index (χ1) is 20.9. The van der Waals surface area contributed by atoms with Crippen molar-refractivity contribution in [3.05, 3.63) is 65.3 Å². The lowest BCUT2D eigenvalue weighted by Gasteiger charge is -2.38. The van der Waals surface area contributed by atoms with Gasteiger partial charge in [0.2, 0.25) is 5.91 Å². The van der Waals surface area contributed by atoms with Crippen molar-refractivity contribution in [1.29, 1.82) is 0 Å². The molecule has 0 radical (unpaired) electrons. The van der Waals surface area contributed by atoms with E-state index in [1.165, 1.54) is 6.08 Å². The first-order valence-corrected chi connectivity index (χ1v) is 15.5. The Labute approximate surface area is 256 Å². The van der Waals surface area contributed by atoms with Crippen molar-refractivity contribution in [1.82, 2.24) is 19.8 Å². The number of hydrogen-bond donors (Lipinski definition) is 1. The summed E-state index contributed by atoms with van der Waals surface area (Å²) in [7, 11) is 0. The highest BCUT2D eigenvalue weighted by Crippen LogP contribution is 2.38. The number of carbonyl (C=O) groups is 1. The quantitative estimate of drug-likeness (QED) is 0.307. The summed E-state index contributed by atoms with van der Waals surface area (Å²) in [4.78, 5) is 30.6. The smallest absolute Gasteiger partial charge is 0.318 e. The summed E-state index contributed by atoms with van der Waals surface area (Å²) in [6, 6.07) is 12.7. The van der Waals surface area contributed by atoms with Gasteiger partial charge in [-0.1, -0.05) is 42.4 Å². The zero-order chi connectivity index (χ0) is 29.6. The molecule has 0 unspecified atom stereocenters. The average Bonchev–Trinajstić information content (AvgIpc) is 3.57. The molecular weight excluding hydrogens is 568 g/mol. The van der Waals surface area contributed by atoms with Gasteiger partial charge < -0.3 is 29.3 Å². The fraction of sp³-hybridized carbons (Fsp3) is 0.469. The van der Waals surface area contributed by atoms with Crippen molar-refractivity contribution < 1.29 is 19.4 Å². The fourth-order valence-corrected chi connectivity index (χ4v) is 7.21. The summed E-state index contributed by atoms with van der Waals surface area (Å²) in [6.07, 6.45) is 3.71. The Bertz CT molecular complexity index is 1540. The molecule has 1 N–H and O–H groups in total. The molecule has 1 amide bonds. The number of anilines is 2. The third-order valence-corrected chi connectivity index (χ3v) is 9.50. The van der Waals surface area contributed by atoms with Crippen molar-refractivity contribution in [2.45, 2.75) is 37.6 Å². The van der Waals surface area contributed by atoms with E-state index < -0.39 is 5.72 Å². The molecule has 2 atom stereocenters. The second kappa shape index (κ2) is 11.6. The monoisotopic (exact) mass is 604 g/mol. The first-order valence-electron chi connectivity index (χ1n) is 15.1. The normalized spacial score (nSPS) is 23.6. The van der Waals surface area contributed by atoms with Crippen LogP contribution in [0.1, 0.15) is 24.1 Å². The second-order valence-electron chi connectivity index (χ2n) is 11.8. The van der Waals surface area contributed by atoms with Crippen molar-refractivity contribution in [3.8, 4) is 6.01 Å². The van der Waals surface area contributed by atoms with Crippen molar-refractivity contribution in [3.63, 3.8) is 0 Å². The van der Waals surface area contributed by atoms with Gasteiger partial charge in [0.15, 0.2) is 0 Å². The van der Waals surface area contributed by atoms with Crippen LogP contribution in [0.5, 0.6) is 6.01 Å².